The van der Waals surface area contributed by atoms with E-state index in [1.54, 1.807) is 0 Å². The molecule has 0 fully saturated rings. The molecular weight excluding hydrogens is 925 g/mol. The van der Waals surface area contributed by atoms with Crippen molar-refractivity contribution in [1.29, 1.82) is 0 Å². The zero-order valence-electron chi connectivity index (χ0n) is 49.8. The Labute approximate surface area is 465 Å². The molecule has 0 aliphatic rings. The summed E-state index contributed by atoms with van der Waals surface area (Å²) in [6.07, 6.45) is 82.1. The highest BCUT2D eigenvalue weighted by Crippen LogP contribution is 2.18. The van der Waals surface area contributed by atoms with E-state index in [-0.39, 0.29) is 37.5 Å². The van der Waals surface area contributed by atoms with E-state index in [0.29, 0.717) is 19.3 Å². The SMILES string of the molecule is CC/C=C\C/C=C\C/C=C\C/C=C\C/C=C\C/C=C\CCC(=O)OC(COC(=O)CCCCCCCCCCCCCCCCC)COC(=O)CCCCCCCCCCCCCCCCCCCCCCCCC. The molecule has 1 unspecified atom stereocenters. The Balaban J connectivity index is 4.39. The Hall–Kier alpha value is -3.15. The molecule has 0 aromatic carbocycles. The van der Waals surface area contributed by atoms with E-state index < -0.39 is 6.10 Å². The quantitative estimate of drug-likeness (QED) is 0.0261. The minimum Gasteiger partial charge on any atom is -0.462 e. The van der Waals surface area contributed by atoms with Gasteiger partial charge < -0.3 is 14.2 Å². The van der Waals surface area contributed by atoms with Gasteiger partial charge in [0.05, 0.1) is 0 Å². The second-order valence-electron chi connectivity index (χ2n) is 21.7. The lowest BCUT2D eigenvalue weighted by Gasteiger charge is -2.18. The van der Waals surface area contributed by atoms with Crippen LogP contribution in [-0.2, 0) is 28.6 Å². The number of hydrogen-bond donors (Lipinski definition) is 0. The van der Waals surface area contributed by atoms with Gasteiger partial charge in [-0.05, 0) is 57.8 Å². The molecule has 0 saturated heterocycles. The van der Waals surface area contributed by atoms with Crippen LogP contribution in [0.25, 0.3) is 0 Å². The fraction of sp³-hybridized carbons (Fsp3) is 0.783. The maximum absolute atomic E-state index is 12.9. The first-order valence-corrected chi connectivity index (χ1v) is 32.4. The summed E-state index contributed by atoms with van der Waals surface area (Å²) in [5, 5.41) is 0. The van der Waals surface area contributed by atoms with Crippen LogP contribution >= 0.6 is 0 Å². The van der Waals surface area contributed by atoms with Crippen LogP contribution in [0.2, 0.25) is 0 Å². The first-order chi connectivity index (χ1) is 37.0. The fourth-order valence-electron chi connectivity index (χ4n) is 9.41. The van der Waals surface area contributed by atoms with Crippen LogP contribution in [0, 0.1) is 0 Å². The van der Waals surface area contributed by atoms with Gasteiger partial charge in [0, 0.05) is 19.3 Å². The molecule has 0 amide bonds. The molecule has 0 radical (unpaired) electrons. The molecule has 6 heteroatoms. The lowest BCUT2D eigenvalue weighted by molar-refractivity contribution is -0.166. The second-order valence-corrected chi connectivity index (χ2v) is 21.7. The van der Waals surface area contributed by atoms with Gasteiger partial charge in [-0.2, -0.15) is 0 Å². The molecular formula is C69H122O6. The Kier molecular flexibility index (Phi) is 60.7. The number of ether oxygens (including phenoxy) is 3. The maximum atomic E-state index is 12.9. The van der Waals surface area contributed by atoms with Gasteiger partial charge in [-0.1, -0.05) is 325 Å². The van der Waals surface area contributed by atoms with Crippen molar-refractivity contribution >= 4 is 17.9 Å². The Bertz CT molecular complexity index is 1390. The second kappa shape index (κ2) is 63.4. The van der Waals surface area contributed by atoms with Crippen LogP contribution in [0.1, 0.15) is 329 Å². The largest absolute Gasteiger partial charge is 0.462 e. The van der Waals surface area contributed by atoms with E-state index in [4.69, 9.17) is 14.2 Å². The highest BCUT2D eigenvalue weighted by Gasteiger charge is 2.19. The minimum absolute atomic E-state index is 0.101. The molecule has 434 valence electrons. The Morgan fingerprint density at radius 3 is 0.787 bits per heavy atom. The van der Waals surface area contributed by atoms with E-state index in [0.717, 1.165) is 77.0 Å². The number of esters is 3. The van der Waals surface area contributed by atoms with Crippen molar-refractivity contribution in [2.24, 2.45) is 0 Å². The van der Waals surface area contributed by atoms with Crippen LogP contribution in [0.3, 0.4) is 0 Å². The average molecular weight is 1050 g/mol. The molecule has 1 atom stereocenters. The van der Waals surface area contributed by atoms with Crippen molar-refractivity contribution in [1.82, 2.24) is 0 Å². The van der Waals surface area contributed by atoms with E-state index in [1.807, 2.05) is 6.08 Å². The third-order valence-corrected chi connectivity index (χ3v) is 14.2. The van der Waals surface area contributed by atoms with Gasteiger partial charge in [0.15, 0.2) is 6.10 Å². The summed E-state index contributed by atoms with van der Waals surface area (Å²) in [7, 11) is 0. The Morgan fingerprint density at radius 2 is 0.520 bits per heavy atom. The molecule has 0 aromatic heterocycles. The van der Waals surface area contributed by atoms with E-state index in [9.17, 15) is 14.4 Å². The highest BCUT2D eigenvalue weighted by atomic mass is 16.6. The molecule has 0 spiro atoms. The normalized spacial score (nSPS) is 12.5. The molecule has 0 heterocycles. The number of allylic oxidation sites excluding steroid dienone is 12. The first-order valence-electron chi connectivity index (χ1n) is 32.4. The summed E-state index contributed by atoms with van der Waals surface area (Å²) in [5.41, 5.74) is 0. The number of unbranched alkanes of at least 4 members (excludes halogenated alkanes) is 36. The summed E-state index contributed by atoms with van der Waals surface area (Å²) in [6.45, 7) is 6.52. The van der Waals surface area contributed by atoms with Gasteiger partial charge in [0.1, 0.15) is 13.2 Å². The maximum Gasteiger partial charge on any atom is 0.306 e. The van der Waals surface area contributed by atoms with Crippen molar-refractivity contribution in [2.45, 2.75) is 335 Å². The summed E-state index contributed by atoms with van der Waals surface area (Å²) in [6, 6.07) is 0. The summed E-state index contributed by atoms with van der Waals surface area (Å²) in [4.78, 5) is 38.3. The van der Waals surface area contributed by atoms with Gasteiger partial charge in [-0.3, -0.25) is 14.4 Å². The molecule has 0 aliphatic carbocycles. The zero-order chi connectivity index (χ0) is 54.3. The molecule has 0 N–H and O–H groups in total. The van der Waals surface area contributed by atoms with E-state index in [1.165, 1.54) is 205 Å². The van der Waals surface area contributed by atoms with Crippen LogP contribution in [0.15, 0.2) is 72.9 Å². The third-order valence-electron chi connectivity index (χ3n) is 14.2. The lowest BCUT2D eigenvalue weighted by atomic mass is 10.0. The minimum atomic E-state index is -0.814. The third kappa shape index (κ3) is 61.6. The van der Waals surface area contributed by atoms with Crippen LogP contribution in [0.5, 0.6) is 0 Å². The van der Waals surface area contributed by atoms with Gasteiger partial charge in [0.2, 0.25) is 0 Å². The fourth-order valence-corrected chi connectivity index (χ4v) is 9.41. The number of rotatable bonds is 59. The molecule has 0 bridgehead atoms. The summed E-state index contributed by atoms with van der Waals surface area (Å²) in [5.74, 6) is -0.967. The van der Waals surface area contributed by atoms with E-state index in [2.05, 4.69) is 87.6 Å². The number of carbonyl (C=O) groups excluding carboxylic acids is 3. The molecule has 0 saturated carbocycles. The molecule has 0 aliphatic heterocycles. The number of hydrogen-bond acceptors (Lipinski definition) is 6. The van der Waals surface area contributed by atoms with Crippen molar-refractivity contribution in [2.75, 3.05) is 13.2 Å². The molecule has 75 heavy (non-hydrogen) atoms. The smallest absolute Gasteiger partial charge is 0.306 e. The molecule has 0 rings (SSSR count). The zero-order valence-corrected chi connectivity index (χ0v) is 49.8. The van der Waals surface area contributed by atoms with Gasteiger partial charge in [-0.15, -0.1) is 0 Å². The van der Waals surface area contributed by atoms with E-state index >= 15 is 0 Å². The lowest BCUT2D eigenvalue weighted by Crippen LogP contribution is -2.30. The first kappa shape index (κ1) is 71.8. The van der Waals surface area contributed by atoms with Crippen LogP contribution < -0.4 is 0 Å². The average Bonchev–Trinajstić information content (AvgIpc) is 3.41. The van der Waals surface area contributed by atoms with Crippen molar-refractivity contribution < 1.29 is 28.6 Å². The summed E-state index contributed by atoms with van der Waals surface area (Å²) < 4.78 is 16.9. The van der Waals surface area contributed by atoms with Gasteiger partial charge >= 0.3 is 17.9 Å². The molecule has 0 aromatic rings. The monoisotopic (exact) mass is 1050 g/mol. The number of carbonyl (C=O) groups is 3. The van der Waals surface area contributed by atoms with Crippen LogP contribution in [-0.4, -0.2) is 37.2 Å². The standard InChI is InChI=1S/C69H122O6/c1-4-7-10-13-16-19-22-25-28-30-32-33-34-35-37-38-41-44-47-50-53-56-59-62-68(71)74-65-66(64-73-67(70)61-58-55-52-49-46-43-40-27-24-21-18-15-12-9-6-3)75-69(72)63-60-57-54-51-48-45-42-39-36-31-29-26-23-20-17-14-11-8-5-2/h8,11,17,20,26,29,36,39,45,48,54,57,66H,4-7,9-10,12-16,18-19,21-25,27-28,30-35,37-38,40-44,46-47,49-53,55-56,58-65H2,1-3H3/b11-8-,20-17-,29-26-,39-36-,48-45-,57-54-. The molecule has 6 nitrogen and oxygen atoms in total. The predicted octanol–water partition coefficient (Wildman–Crippen LogP) is 22.1. The van der Waals surface area contributed by atoms with Gasteiger partial charge in [0.25, 0.3) is 0 Å². The highest BCUT2D eigenvalue weighted by molar-refractivity contribution is 5.71. The Morgan fingerprint density at radius 1 is 0.280 bits per heavy atom. The van der Waals surface area contributed by atoms with Crippen molar-refractivity contribution in [3.63, 3.8) is 0 Å². The van der Waals surface area contributed by atoms with Crippen molar-refractivity contribution in [3.8, 4) is 0 Å². The van der Waals surface area contributed by atoms with Crippen LogP contribution in [0.4, 0.5) is 0 Å². The topological polar surface area (TPSA) is 78.9 Å². The van der Waals surface area contributed by atoms with Crippen molar-refractivity contribution in [3.05, 3.63) is 72.9 Å². The predicted molar refractivity (Wildman–Crippen MR) is 325 cm³/mol. The summed E-state index contributed by atoms with van der Waals surface area (Å²) >= 11 is 0. The van der Waals surface area contributed by atoms with Gasteiger partial charge in [-0.25, -0.2) is 0 Å².